The number of primary sulfonamides is 1. The normalized spacial score (nSPS) is 12.0. The quantitative estimate of drug-likeness (QED) is 0.438. The number of halogens is 1. The third-order valence-corrected chi connectivity index (χ3v) is 5.20. The van der Waals surface area contributed by atoms with Gasteiger partial charge in [0.2, 0.25) is 21.0 Å². The Balaban J connectivity index is 1.83. The molecule has 0 fully saturated rings. The first-order valence-electron chi connectivity index (χ1n) is 7.50. The van der Waals surface area contributed by atoms with Crippen LogP contribution in [0.4, 0.5) is 11.4 Å². The summed E-state index contributed by atoms with van der Waals surface area (Å²) in [5.74, 6) is -0.0952. The maximum absolute atomic E-state index is 11.3. The molecule has 0 radical (unpaired) electrons. The number of aromatic hydroxyl groups is 1. The average molecular weight is 424 g/mol. The van der Waals surface area contributed by atoms with Gasteiger partial charge in [0.25, 0.3) is 0 Å². The topological polar surface area (TPSA) is 122 Å². The van der Waals surface area contributed by atoms with Crippen molar-refractivity contribution < 1.29 is 13.5 Å². The molecule has 0 saturated heterocycles. The average Bonchev–Trinajstić information content (AvgIpc) is 2.85. The molecular formula is C16H14ClN5O3S2. The minimum Gasteiger partial charge on any atom is -0.493 e. The lowest BCUT2D eigenvalue weighted by molar-refractivity contribution is 0.436. The molecule has 4 N–H and O–H groups in total. The van der Waals surface area contributed by atoms with Crippen molar-refractivity contribution in [2.75, 3.05) is 5.32 Å². The van der Waals surface area contributed by atoms with Gasteiger partial charge in [-0.3, -0.25) is 0 Å². The largest absolute Gasteiger partial charge is 0.493 e. The van der Waals surface area contributed by atoms with Gasteiger partial charge < -0.3 is 15.0 Å². The Morgan fingerprint density at radius 2 is 1.93 bits per heavy atom. The Kier molecular flexibility index (Phi) is 5.16. The first kappa shape index (κ1) is 19.2. The number of hydrogen-bond donors (Lipinski definition) is 3. The van der Waals surface area contributed by atoms with Crippen molar-refractivity contribution in [3.05, 3.63) is 47.5 Å². The SMILES string of the molecule is Cn1c(O)c(N=NC(=S)Nc2ccc(S(N)(=O)=O)cc2)c2cccc(Cl)c21. The fourth-order valence-electron chi connectivity index (χ4n) is 2.50. The Morgan fingerprint density at radius 1 is 1.26 bits per heavy atom. The molecule has 11 heteroatoms. The van der Waals surface area contributed by atoms with E-state index < -0.39 is 10.0 Å². The summed E-state index contributed by atoms with van der Waals surface area (Å²) in [4.78, 5) is -0.0156. The molecule has 3 rings (SSSR count). The summed E-state index contributed by atoms with van der Waals surface area (Å²) in [6.45, 7) is 0. The predicted molar refractivity (Wildman–Crippen MR) is 108 cm³/mol. The van der Waals surface area contributed by atoms with Crippen LogP contribution in [0.25, 0.3) is 10.9 Å². The zero-order chi connectivity index (χ0) is 19.8. The van der Waals surface area contributed by atoms with E-state index in [4.69, 9.17) is 29.0 Å². The van der Waals surface area contributed by atoms with Crippen LogP contribution >= 0.6 is 23.8 Å². The second-order valence-corrected chi connectivity index (χ2v) is 7.92. The van der Waals surface area contributed by atoms with Crippen LogP contribution < -0.4 is 10.5 Å². The van der Waals surface area contributed by atoms with Crippen molar-refractivity contribution in [2.24, 2.45) is 22.4 Å². The van der Waals surface area contributed by atoms with Gasteiger partial charge >= 0.3 is 0 Å². The fourth-order valence-corrected chi connectivity index (χ4v) is 3.48. The first-order chi connectivity index (χ1) is 12.7. The summed E-state index contributed by atoms with van der Waals surface area (Å²) < 4.78 is 24.0. The summed E-state index contributed by atoms with van der Waals surface area (Å²) in [6.07, 6.45) is 0. The molecule has 140 valence electrons. The second kappa shape index (κ2) is 7.24. The van der Waals surface area contributed by atoms with Crippen molar-refractivity contribution in [3.8, 4) is 5.88 Å². The summed E-state index contributed by atoms with van der Waals surface area (Å²) >= 11 is 11.3. The summed E-state index contributed by atoms with van der Waals surface area (Å²) in [5.41, 5.74) is 1.38. The zero-order valence-corrected chi connectivity index (χ0v) is 16.3. The Morgan fingerprint density at radius 3 is 2.56 bits per heavy atom. The van der Waals surface area contributed by atoms with Gasteiger partial charge in [-0.2, -0.15) is 0 Å². The number of nitrogens with two attached hydrogens (primary N) is 1. The van der Waals surface area contributed by atoms with Crippen molar-refractivity contribution in [2.45, 2.75) is 4.90 Å². The Hall–Kier alpha value is -2.53. The van der Waals surface area contributed by atoms with Gasteiger partial charge in [0.1, 0.15) is 0 Å². The van der Waals surface area contributed by atoms with Crippen molar-refractivity contribution >= 4 is 61.2 Å². The van der Waals surface area contributed by atoms with Gasteiger partial charge in [0, 0.05) is 18.1 Å². The third-order valence-electron chi connectivity index (χ3n) is 3.78. The van der Waals surface area contributed by atoms with Crippen molar-refractivity contribution in [1.82, 2.24) is 4.57 Å². The molecule has 2 aromatic carbocycles. The van der Waals surface area contributed by atoms with E-state index in [1.807, 2.05) is 0 Å². The molecule has 0 aliphatic carbocycles. The second-order valence-electron chi connectivity index (χ2n) is 5.57. The number of fused-ring (bicyclic) bond motifs is 1. The van der Waals surface area contributed by atoms with E-state index in [1.165, 1.54) is 28.8 Å². The molecule has 0 unspecified atom stereocenters. The van der Waals surface area contributed by atoms with E-state index in [2.05, 4.69) is 15.5 Å². The molecule has 0 saturated carbocycles. The first-order valence-corrected chi connectivity index (χ1v) is 9.83. The van der Waals surface area contributed by atoms with Gasteiger partial charge in [0.05, 0.1) is 15.4 Å². The smallest absolute Gasteiger partial charge is 0.238 e. The molecular weight excluding hydrogens is 410 g/mol. The molecule has 1 heterocycles. The zero-order valence-electron chi connectivity index (χ0n) is 13.9. The number of anilines is 1. The molecule has 3 aromatic rings. The molecule has 1 aromatic heterocycles. The molecule has 8 nitrogen and oxygen atoms in total. The minimum absolute atomic E-state index is 0.0156. The molecule has 0 aliphatic rings. The summed E-state index contributed by atoms with van der Waals surface area (Å²) in [7, 11) is -2.11. The lowest BCUT2D eigenvalue weighted by atomic mass is 10.2. The number of thiocarbonyl (C=S) groups is 1. The summed E-state index contributed by atoms with van der Waals surface area (Å²) in [5, 5.41) is 27.2. The Labute approximate surface area is 165 Å². The van der Waals surface area contributed by atoms with Gasteiger partial charge in [-0.1, -0.05) is 23.7 Å². The highest BCUT2D eigenvalue weighted by Gasteiger charge is 2.16. The number of aryl methyl sites for hydroxylation is 1. The third kappa shape index (κ3) is 3.93. The highest BCUT2D eigenvalue weighted by molar-refractivity contribution is 7.89. The van der Waals surface area contributed by atoms with Gasteiger partial charge in [0.15, 0.2) is 5.69 Å². The van der Waals surface area contributed by atoms with Crippen LogP contribution in [-0.2, 0) is 17.1 Å². The lowest BCUT2D eigenvalue weighted by Gasteiger charge is -2.04. The molecule has 27 heavy (non-hydrogen) atoms. The van der Waals surface area contributed by atoms with Gasteiger partial charge in [-0.25, -0.2) is 13.6 Å². The van der Waals surface area contributed by atoms with Gasteiger partial charge in [-0.15, -0.1) is 10.2 Å². The number of azo groups is 1. The van der Waals surface area contributed by atoms with Crippen LogP contribution in [0, 0.1) is 0 Å². The number of rotatable bonds is 3. The molecule has 0 amide bonds. The van der Waals surface area contributed by atoms with E-state index in [0.29, 0.717) is 21.6 Å². The minimum atomic E-state index is -3.76. The van der Waals surface area contributed by atoms with Crippen LogP contribution in [0.15, 0.2) is 57.6 Å². The molecule has 0 bridgehead atoms. The van der Waals surface area contributed by atoms with E-state index in [0.717, 1.165) is 0 Å². The number of benzene rings is 2. The number of nitrogens with one attached hydrogen (secondary N) is 1. The predicted octanol–water partition coefficient (Wildman–Crippen LogP) is 3.67. The van der Waals surface area contributed by atoms with Crippen molar-refractivity contribution in [3.63, 3.8) is 0 Å². The number of sulfonamides is 1. The van der Waals surface area contributed by atoms with E-state index >= 15 is 0 Å². The molecule has 0 aliphatic heterocycles. The summed E-state index contributed by atoms with van der Waals surface area (Å²) in [6, 6.07) is 10.9. The monoisotopic (exact) mass is 423 g/mol. The maximum atomic E-state index is 11.3. The van der Waals surface area contributed by atoms with E-state index in [-0.39, 0.29) is 21.6 Å². The molecule has 0 spiro atoms. The van der Waals surface area contributed by atoms with Crippen molar-refractivity contribution in [1.29, 1.82) is 0 Å². The van der Waals surface area contributed by atoms with E-state index in [1.54, 1.807) is 25.2 Å². The van der Waals surface area contributed by atoms with Crippen LogP contribution in [0.1, 0.15) is 0 Å². The maximum Gasteiger partial charge on any atom is 0.238 e. The number of nitrogens with zero attached hydrogens (tertiary/aromatic N) is 3. The fraction of sp³-hybridized carbons (Fsp3) is 0.0625. The van der Waals surface area contributed by atoms with Crippen LogP contribution in [0.5, 0.6) is 5.88 Å². The Bertz CT molecular complexity index is 1170. The lowest BCUT2D eigenvalue weighted by Crippen LogP contribution is -2.12. The van der Waals surface area contributed by atoms with Crippen LogP contribution in [0.2, 0.25) is 5.02 Å². The van der Waals surface area contributed by atoms with Crippen LogP contribution in [0.3, 0.4) is 0 Å². The number of aromatic nitrogens is 1. The van der Waals surface area contributed by atoms with Gasteiger partial charge in [-0.05, 0) is 42.5 Å². The highest BCUT2D eigenvalue weighted by Crippen LogP contribution is 2.40. The number of hydrogen-bond acceptors (Lipinski definition) is 5. The molecule has 0 atom stereocenters. The van der Waals surface area contributed by atoms with Crippen LogP contribution in [-0.4, -0.2) is 23.2 Å². The highest BCUT2D eigenvalue weighted by atomic mass is 35.5. The van der Waals surface area contributed by atoms with E-state index in [9.17, 15) is 13.5 Å². The standard InChI is InChI=1S/C16H14ClN5O3S2/c1-22-14-11(3-2-4-12(14)17)13(15(22)23)20-21-16(26)19-9-5-7-10(8-6-9)27(18,24)25/h2-8,23H,1H3,(H,19,26)(H2,18,24,25). The number of para-hydroxylation sites is 1.